The van der Waals surface area contributed by atoms with Gasteiger partial charge < -0.3 is 19.7 Å². The van der Waals surface area contributed by atoms with Crippen LogP contribution in [0.1, 0.15) is 56.7 Å². The number of pyridine rings is 2. The average molecular weight is 517 g/mol. The van der Waals surface area contributed by atoms with Gasteiger partial charge >= 0.3 is 0 Å². The van der Waals surface area contributed by atoms with Gasteiger partial charge in [-0.2, -0.15) is 5.10 Å². The molecule has 1 saturated heterocycles. The van der Waals surface area contributed by atoms with Gasteiger partial charge in [0.1, 0.15) is 12.1 Å². The topological polar surface area (TPSA) is 85.7 Å². The van der Waals surface area contributed by atoms with Crippen molar-refractivity contribution in [2.45, 2.75) is 66.0 Å². The fraction of sp³-hybridized carbons (Fsp3) is 0.517. The second-order valence-electron chi connectivity index (χ2n) is 11.4. The minimum atomic E-state index is 0.122. The van der Waals surface area contributed by atoms with Gasteiger partial charge in [0.25, 0.3) is 0 Å². The molecule has 2 atom stereocenters. The normalized spacial score (nSPS) is 18.5. The Morgan fingerprint density at radius 1 is 1.13 bits per heavy atom. The second-order valence-corrected chi connectivity index (χ2v) is 11.4. The van der Waals surface area contributed by atoms with Crippen LogP contribution in [0.5, 0.6) is 0 Å². The van der Waals surface area contributed by atoms with E-state index >= 15 is 0 Å². The van der Waals surface area contributed by atoms with Crippen molar-refractivity contribution in [1.29, 1.82) is 0 Å². The molecule has 5 rings (SSSR count). The highest BCUT2D eigenvalue weighted by Gasteiger charge is 2.33. The van der Waals surface area contributed by atoms with Gasteiger partial charge in [-0.25, -0.2) is 14.5 Å². The Morgan fingerprint density at radius 2 is 1.84 bits per heavy atom. The summed E-state index contributed by atoms with van der Waals surface area (Å²) in [6.45, 7) is 15.3. The van der Waals surface area contributed by atoms with Crippen LogP contribution in [0.3, 0.4) is 0 Å². The summed E-state index contributed by atoms with van der Waals surface area (Å²) in [5.41, 5.74) is 8.67. The molecule has 0 aromatic carbocycles. The standard InChI is InChI=1S/C29H40N8O/c1-17(2)26-27(22-15-36-29(30-16-31-36)21(6)20(22)5)32-23-9-10-24(33-28(23)26)35-13-18(3)37(19(4)14-35)25(38)11-12-34(7)8/h9-10,15-19,32H,11-14H2,1-8H3/t18-,19-/m0/s1. The summed E-state index contributed by atoms with van der Waals surface area (Å²) >= 11 is 0. The van der Waals surface area contributed by atoms with Crippen LogP contribution in [0.25, 0.3) is 27.9 Å². The maximum absolute atomic E-state index is 13.0. The fourth-order valence-corrected chi connectivity index (χ4v) is 5.93. The Kier molecular flexibility index (Phi) is 6.90. The highest BCUT2D eigenvalue weighted by atomic mass is 16.2. The number of aromatic amines is 1. The molecule has 0 bridgehead atoms. The molecule has 5 heterocycles. The number of piperazine rings is 1. The van der Waals surface area contributed by atoms with Crippen molar-refractivity contribution < 1.29 is 4.79 Å². The number of fused-ring (bicyclic) bond motifs is 2. The number of H-pyrrole nitrogens is 1. The molecule has 1 N–H and O–H groups in total. The molecule has 1 fully saturated rings. The molecule has 202 valence electrons. The molecular weight excluding hydrogens is 476 g/mol. The Bertz CT molecular complexity index is 1470. The van der Waals surface area contributed by atoms with Crippen LogP contribution in [0, 0.1) is 13.8 Å². The third kappa shape index (κ3) is 4.53. The van der Waals surface area contributed by atoms with Crippen LogP contribution in [-0.2, 0) is 4.79 Å². The first-order valence-corrected chi connectivity index (χ1v) is 13.6. The molecule has 1 amide bonds. The number of rotatable bonds is 6. The quantitative estimate of drug-likeness (QED) is 0.409. The molecule has 0 unspecified atom stereocenters. The van der Waals surface area contributed by atoms with E-state index in [4.69, 9.17) is 4.98 Å². The van der Waals surface area contributed by atoms with Crippen LogP contribution in [0.15, 0.2) is 24.7 Å². The van der Waals surface area contributed by atoms with Gasteiger partial charge in [-0.15, -0.1) is 0 Å². The highest BCUT2D eigenvalue weighted by molar-refractivity contribution is 5.90. The summed E-state index contributed by atoms with van der Waals surface area (Å²) in [5, 5.41) is 4.40. The molecule has 1 aliphatic heterocycles. The summed E-state index contributed by atoms with van der Waals surface area (Å²) < 4.78 is 1.86. The second kappa shape index (κ2) is 10.0. The lowest BCUT2D eigenvalue weighted by Gasteiger charge is -2.45. The van der Waals surface area contributed by atoms with Crippen molar-refractivity contribution in [2.75, 3.05) is 38.6 Å². The zero-order valence-electron chi connectivity index (χ0n) is 23.9. The van der Waals surface area contributed by atoms with Crippen LogP contribution in [0.2, 0.25) is 0 Å². The van der Waals surface area contributed by atoms with Gasteiger partial charge in [0.2, 0.25) is 5.91 Å². The summed E-state index contributed by atoms with van der Waals surface area (Å²) in [5.74, 6) is 1.47. The molecule has 0 saturated carbocycles. The summed E-state index contributed by atoms with van der Waals surface area (Å²) in [6.07, 6.45) is 4.22. The number of amides is 1. The Hall–Kier alpha value is -3.46. The van der Waals surface area contributed by atoms with Gasteiger partial charge in [-0.1, -0.05) is 13.8 Å². The van der Waals surface area contributed by atoms with E-state index in [1.54, 1.807) is 6.33 Å². The van der Waals surface area contributed by atoms with Crippen LogP contribution < -0.4 is 4.90 Å². The minimum Gasteiger partial charge on any atom is -0.353 e. The zero-order valence-corrected chi connectivity index (χ0v) is 23.9. The monoisotopic (exact) mass is 516 g/mol. The van der Waals surface area contributed by atoms with Crippen molar-refractivity contribution in [3.05, 3.63) is 41.3 Å². The molecule has 9 nitrogen and oxygen atoms in total. The van der Waals surface area contributed by atoms with E-state index in [-0.39, 0.29) is 23.9 Å². The van der Waals surface area contributed by atoms with Gasteiger partial charge in [-0.3, -0.25) is 4.79 Å². The predicted molar refractivity (Wildman–Crippen MR) is 153 cm³/mol. The Labute approximate surface area is 224 Å². The van der Waals surface area contributed by atoms with Gasteiger partial charge in [0, 0.05) is 55.5 Å². The lowest BCUT2D eigenvalue weighted by Crippen LogP contribution is -2.59. The summed E-state index contributed by atoms with van der Waals surface area (Å²) in [7, 11) is 4.01. The predicted octanol–water partition coefficient (Wildman–Crippen LogP) is 4.39. The maximum atomic E-state index is 13.0. The molecule has 38 heavy (non-hydrogen) atoms. The number of nitrogens with one attached hydrogen (secondary N) is 1. The van der Waals surface area contributed by atoms with Crippen LogP contribution >= 0.6 is 0 Å². The van der Waals surface area contributed by atoms with Crippen molar-refractivity contribution >= 4 is 28.4 Å². The van der Waals surface area contributed by atoms with Gasteiger partial charge in [0.15, 0.2) is 5.65 Å². The van der Waals surface area contributed by atoms with E-state index < -0.39 is 0 Å². The van der Waals surface area contributed by atoms with Crippen molar-refractivity contribution in [1.82, 2.24) is 34.4 Å². The van der Waals surface area contributed by atoms with Gasteiger partial charge in [-0.05, 0) is 71.0 Å². The molecular formula is C29H40N8O. The number of hydrogen-bond acceptors (Lipinski definition) is 6. The van der Waals surface area contributed by atoms with E-state index in [0.29, 0.717) is 6.42 Å². The number of carbonyl (C=O) groups excluding carboxylic acids is 1. The lowest BCUT2D eigenvalue weighted by atomic mass is 9.95. The van der Waals surface area contributed by atoms with Crippen LogP contribution in [0.4, 0.5) is 5.82 Å². The summed E-state index contributed by atoms with van der Waals surface area (Å²) in [4.78, 5) is 32.7. The van der Waals surface area contributed by atoms with Crippen molar-refractivity contribution in [3.8, 4) is 11.3 Å². The number of nitrogens with zero attached hydrogens (tertiary/aromatic N) is 7. The van der Waals surface area contributed by atoms with E-state index in [0.717, 1.165) is 59.0 Å². The average Bonchev–Trinajstić information content (AvgIpc) is 3.48. The van der Waals surface area contributed by atoms with E-state index in [1.165, 1.54) is 11.1 Å². The third-order valence-corrected chi connectivity index (χ3v) is 7.94. The summed E-state index contributed by atoms with van der Waals surface area (Å²) in [6, 6.07) is 4.50. The smallest absolute Gasteiger partial charge is 0.224 e. The SMILES string of the molecule is Cc1c(-c2[nH]c3ccc(N4C[C@H](C)N(C(=O)CCN(C)C)[C@@H](C)C4)nc3c2C(C)C)cn2ncnc2c1C. The lowest BCUT2D eigenvalue weighted by molar-refractivity contribution is -0.136. The third-order valence-electron chi connectivity index (χ3n) is 7.94. The maximum Gasteiger partial charge on any atom is 0.224 e. The molecule has 0 aliphatic carbocycles. The number of aromatic nitrogens is 5. The number of hydrogen-bond donors (Lipinski definition) is 1. The van der Waals surface area contributed by atoms with E-state index in [2.05, 4.69) is 89.6 Å². The van der Waals surface area contributed by atoms with E-state index in [1.807, 2.05) is 18.6 Å². The van der Waals surface area contributed by atoms with E-state index in [9.17, 15) is 4.79 Å². The molecule has 1 aliphatic rings. The first kappa shape index (κ1) is 26.2. The first-order valence-electron chi connectivity index (χ1n) is 13.6. The molecule has 0 radical (unpaired) electrons. The number of carbonyl (C=O) groups is 1. The van der Waals surface area contributed by atoms with Crippen molar-refractivity contribution in [3.63, 3.8) is 0 Å². The first-order chi connectivity index (χ1) is 18.1. The van der Waals surface area contributed by atoms with Gasteiger partial charge in [0.05, 0.1) is 16.7 Å². The Morgan fingerprint density at radius 3 is 2.50 bits per heavy atom. The van der Waals surface area contributed by atoms with Crippen LogP contribution in [-0.4, -0.2) is 86.1 Å². The largest absolute Gasteiger partial charge is 0.353 e. The zero-order chi connectivity index (χ0) is 27.3. The van der Waals surface area contributed by atoms with Crippen molar-refractivity contribution in [2.24, 2.45) is 0 Å². The fourth-order valence-electron chi connectivity index (χ4n) is 5.93. The minimum absolute atomic E-state index is 0.122. The molecule has 0 spiro atoms. The Balaban J connectivity index is 1.50. The highest BCUT2D eigenvalue weighted by Crippen LogP contribution is 2.38. The number of aryl methyl sites for hydroxylation is 1. The molecule has 4 aromatic heterocycles. The molecule has 9 heteroatoms. The number of anilines is 1. The molecule has 4 aromatic rings.